The molecule has 178 valence electrons. The largest absolute Gasteiger partial charge is 0.487 e. The molecule has 8 nitrogen and oxygen atoms in total. The van der Waals surface area contributed by atoms with Crippen LogP contribution in [0.15, 0.2) is 59.6 Å². The van der Waals surface area contributed by atoms with Crippen LogP contribution in [0.5, 0.6) is 17.2 Å². The fourth-order valence-electron chi connectivity index (χ4n) is 3.61. The van der Waals surface area contributed by atoms with Gasteiger partial charge < -0.3 is 14.8 Å². The Morgan fingerprint density at radius 3 is 2.44 bits per heavy atom. The van der Waals surface area contributed by atoms with Crippen LogP contribution in [0.4, 0.5) is 5.82 Å². The van der Waals surface area contributed by atoms with Crippen molar-refractivity contribution in [3.8, 4) is 17.2 Å². The monoisotopic (exact) mass is 481 g/mol. The Morgan fingerprint density at radius 2 is 1.82 bits per heavy atom. The van der Waals surface area contributed by atoms with E-state index < -0.39 is 15.6 Å². The maximum atomic E-state index is 13.0. The Kier molecular flexibility index (Phi) is 6.09. The van der Waals surface area contributed by atoms with E-state index in [4.69, 9.17) is 9.47 Å². The zero-order chi connectivity index (χ0) is 24.7. The molecule has 0 fully saturated rings. The molecule has 1 amide bonds. The van der Waals surface area contributed by atoms with Crippen molar-refractivity contribution in [1.82, 2.24) is 9.29 Å². The van der Waals surface area contributed by atoms with Crippen LogP contribution in [0.25, 0.3) is 0 Å². The fraction of sp³-hybridized carbons (Fsp3) is 0.280. The summed E-state index contributed by atoms with van der Waals surface area (Å²) in [6, 6.07) is 13.1. The van der Waals surface area contributed by atoms with Crippen LogP contribution in [0.1, 0.15) is 35.3 Å². The number of nitrogens with zero attached hydrogens (tertiary/aromatic N) is 2. The average Bonchev–Trinajstić information content (AvgIpc) is 3.09. The highest BCUT2D eigenvalue weighted by Crippen LogP contribution is 2.43. The van der Waals surface area contributed by atoms with Gasteiger partial charge in [-0.1, -0.05) is 6.07 Å². The first-order valence-electron chi connectivity index (χ1n) is 10.7. The lowest BCUT2D eigenvalue weighted by molar-refractivity contribution is 0.102. The van der Waals surface area contributed by atoms with Crippen LogP contribution in [0.2, 0.25) is 0 Å². The van der Waals surface area contributed by atoms with Crippen molar-refractivity contribution in [3.63, 3.8) is 0 Å². The maximum Gasteiger partial charge on any atom is 0.257 e. The van der Waals surface area contributed by atoms with E-state index in [0.29, 0.717) is 35.1 Å². The Balaban J connectivity index is 1.65. The molecular weight excluding hydrogens is 454 g/mol. The zero-order valence-corrected chi connectivity index (χ0v) is 20.6. The van der Waals surface area contributed by atoms with Crippen LogP contribution < -0.4 is 14.8 Å². The Hall–Kier alpha value is -3.43. The van der Waals surface area contributed by atoms with Gasteiger partial charge in [0.2, 0.25) is 10.0 Å². The molecule has 0 aliphatic carbocycles. The number of hydrogen-bond donors (Lipinski definition) is 1. The van der Waals surface area contributed by atoms with Gasteiger partial charge in [0.1, 0.15) is 28.7 Å². The molecule has 0 spiro atoms. The summed E-state index contributed by atoms with van der Waals surface area (Å²) in [5.74, 6) is 1.61. The number of benzene rings is 2. The average molecular weight is 482 g/mol. The molecule has 0 bridgehead atoms. The molecule has 2 heterocycles. The molecule has 4 rings (SSSR count). The molecule has 1 aliphatic rings. The van der Waals surface area contributed by atoms with Gasteiger partial charge in [0.25, 0.3) is 5.91 Å². The van der Waals surface area contributed by atoms with Crippen LogP contribution >= 0.6 is 0 Å². The highest BCUT2D eigenvalue weighted by atomic mass is 32.2. The summed E-state index contributed by atoms with van der Waals surface area (Å²) >= 11 is 0. The number of rotatable bonds is 6. The third-order valence-corrected chi connectivity index (χ3v) is 7.23. The summed E-state index contributed by atoms with van der Waals surface area (Å²) in [6.07, 6.45) is 2.28. The van der Waals surface area contributed by atoms with Gasteiger partial charge in [0, 0.05) is 37.8 Å². The summed E-state index contributed by atoms with van der Waals surface area (Å²) in [7, 11) is -0.584. The molecule has 1 N–H and O–H groups in total. The molecule has 3 aromatic rings. The predicted octanol–water partition coefficient (Wildman–Crippen LogP) is 4.40. The van der Waals surface area contributed by atoms with Gasteiger partial charge in [-0.25, -0.2) is 17.7 Å². The number of aromatic nitrogens is 1. The van der Waals surface area contributed by atoms with Crippen LogP contribution in [-0.4, -0.2) is 43.3 Å². The Labute approximate surface area is 199 Å². The van der Waals surface area contributed by atoms with Crippen LogP contribution in [0, 0.1) is 6.92 Å². The standard InChI is InChI=1S/C25H27N3O5S/c1-16-6-11-23(26-15-16)27-24(29)17-12-21(20-14-25(2,3)33-22(20)13-17)32-18-7-9-19(10-8-18)34(30,31)28(4)5/h6-13,15H,14H2,1-5H3,(H,26,27,29). The van der Waals surface area contributed by atoms with Gasteiger partial charge in [0.05, 0.1) is 4.90 Å². The lowest BCUT2D eigenvalue weighted by Crippen LogP contribution is -2.24. The Morgan fingerprint density at radius 1 is 1.12 bits per heavy atom. The Bertz CT molecular complexity index is 1330. The summed E-state index contributed by atoms with van der Waals surface area (Å²) in [4.78, 5) is 17.3. The van der Waals surface area contributed by atoms with E-state index in [1.54, 1.807) is 36.5 Å². The van der Waals surface area contributed by atoms with Crippen molar-refractivity contribution >= 4 is 21.7 Å². The summed E-state index contributed by atoms with van der Waals surface area (Å²) in [5.41, 5.74) is 1.75. The smallest absolute Gasteiger partial charge is 0.257 e. The minimum absolute atomic E-state index is 0.165. The number of fused-ring (bicyclic) bond motifs is 1. The second-order valence-electron chi connectivity index (χ2n) is 9.03. The number of pyridine rings is 1. The van der Waals surface area contributed by atoms with E-state index in [9.17, 15) is 13.2 Å². The molecule has 0 atom stereocenters. The van der Waals surface area contributed by atoms with Crippen molar-refractivity contribution in [3.05, 3.63) is 71.4 Å². The predicted molar refractivity (Wildman–Crippen MR) is 129 cm³/mol. The third-order valence-electron chi connectivity index (χ3n) is 5.40. The van der Waals surface area contributed by atoms with E-state index in [-0.39, 0.29) is 10.8 Å². The summed E-state index contributed by atoms with van der Waals surface area (Å²) in [6.45, 7) is 5.85. The first kappa shape index (κ1) is 23.7. The number of anilines is 1. The van der Waals surface area contributed by atoms with Crippen molar-refractivity contribution in [2.24, 2.45) is 0 Å². The number of aryl methyl sites for hydroxylation is 1. The van der Waals surface area contributed by atoms with E-state index in [1.807, 2.05) is 26.8 Å². The van der Waals surface area contributed by atoms with Gasteiger partial charge in [-0.2, -0.15) is 0 Å². The number of carbonyl (C=O) groups is 1. The lowest BCUT2D eigenvalue weighted by Gasteiger charge is -2.16. The van der Waals surface area contributed by atoms with Gasteiger partial charge in [0.15, 0.2) is 0 Å². The van der Waals surface area contributed by atoms with Crippen molar-refractivity contribution in [2.45, 2.75) is 37.7 Å². The molecule has 0 saturated carbocycles. The lowest BCUT2D eigenvalue weighted by atomic mass is 9.99. The first-order chi connectivity index (χ1) is 15.9. The maximum absolute atomic E-state index is 13.0. The highest BCUT2D eigenvalue weighted by Gasteiger charge is 2.34. The quantitative estimate of drug-likeness (QED) is 0.561. The molecule has 9 heteroatoms. The van der Waals surface area contributed by atoms with E-state index in [2.05, 4.69) is 10.3 Å². The molecule has 2 aromatic carbocycles. The third kappa shape index (κ3) is 4.90. The number of amides is 1. The first-order valence-corrected chi connectivity index (χ1v) is 12.2. The van der Waals surface area contributed by atoms with Crippen molar-refractivity contribution < 1.29 is 22.7 Å². The number of nitrogens with one attached hydrogen (secondary N) is 1. The minimum atomic E-state index is -3.54. The normalized spacial score (nSPS) is 14.4. The van der Waals surface area contributed by atoms with Crippen molar-refractivity contribution in [2.75, 3.05) is 19.4 Å². The van der Waals surface area contributed by atoms with E-state index in [0.717, 1.165) is 15.4 Å². The topological polar surface area (TPSA) is 97.8 Å². The molecule has 0 unspecified atom stereocenters. The molecule has 1 aliphatic heterocycles. The second-order valence-corrected chi connectivity index (χ2v) is 11.2. The van der Waals surface area contributed by atoms with Crippen LogP contribution in [0.3, 0.4) is 0 Å². The molecule has 1 aromatic heterocycles. The molecule has 0 saturated heterocycles. The van der Waals surface area contributed by atoms with Gasteiger partial charge in [-0.05, 0) is 68.8 Å². The number of carbonyl (C=O) groups excluding carboxylic acids is 1. The summed E-state index contributed by atoms with van der Waals surface area (Å²) < 4.78 is 38.0. The van der Waals surface area contributed by atoms with E-state index >= 15 is 0 Å². The molecule has 34 heavy (non-hydrogen) atoms. The minimum Gasteiger partial charge on any atom is -0.487 e. The zero-order valence-electron chi connectivity index (χ0n) is 19.7. The highest BCUT2D eigenvalue weighted by molar-refractivity contribution is 7.89. The second kappa shape index (κ2) is 8.73. The van der Waals surface area contributed by atoms with Crippen LogP contribution in [-0.2, 0) is 16.4 Å². The number of sulfonamides is 1. The SMILES string of the molecule is Cc1ccc(NC(=O)c2cc(Oc3ccc(S(=O)(=O)N(C)C)cc3)c3c(c2)OC(C)(C)C3)nc1. The van der Waals surface area contributed by atoms with E-state index in [1.165, 1.54) is 26.2 Å². The molecular formula is C25H27N3O5S. The molecule has 0 radical (unpaired) electrons. The van der Waals surface area contributed by atoms with Gasteiger partial charge in [-0.15, -0.1) is 0 Å². The number of ether oxygens (including phenoxy) is 2. The fourth-order valence-corrected chi connectivity index (χ4v) is 4.52. The number of hydrogen-bond acceptors (Lipinski definition) is 6. The van der Waals surface area contributed by atoms with Gasteiger partial charge >= 0.3 is 0 Å². The summed E-state index contributed by atoms with van der Waals surface area (Å²) in [5, 5.41) is 2.79. The van der Waals surface area contributed by atoms with Gasteiger partial charge in [-0.3, -0.25) is 4.79 Å². The van der Waals surface area contributed by atoms with Crippen molar-refractivity contribution in [1.29, 1.82) is 0 Å².